The van der Waals surface area contributed by atoms with Crippen molar-refractivity contribution < 1.29 is 17.9 Å². The van der Waals surface area contributed by atoms with Crippen LogP contribution < -0.4 is 14.8 Å². The van der Waals surface area contributed by atoms with Gasteiger partial charge in [-0.2, -0.15) is 0 Å². The number of hydrogen-bond donors (Lipinski definition) is 2. The molecular weight excluding hydrogens is 328 g/mol. The van der Waals surface area contributed by atoms with E-state index in [2.05, 4.69) is 16.6 Å². The van der Waals surface area contributed by atoms with Crippen LogP contribution in [0.1, 0.15) is 10.4 Å². The Bertz CT molecular complexity index is 847. The summed E-state index contributed by atoms with van der Waals surface area (Å²) in [6.45, 7) is 3.93. The molecule has 0 unspecified atom stereocenters. The highest BCUT2D eigenvalue weighted by Crippen LogP contribution is 2.19. The van der Waals surface area contributed by atoms with Crippen molar-refractivity contribution in [3.8, 4) is 5.75 Å². The Morgan fingerprint density at radius 2 is 1.96 bits per heavy atom. The fourth-order valence-corrected chi connectivity index (χ4v) is 2.72. The van der Waals surface area contributed by atoms with Gasteiger partial charge in [-0.15, -0.1) is 0 Å². The van der Waals surface area contributed by atoms with Crippen molar-refractivity contribution in [3.05, 3.63) is 66.7 Å². The third kappa shape index (κ3) is 4.43. The van der Waals surface area contributed by atoms with Gasteiger partial charge in [0.25, 0.3) is 5.91 Å². The second-order valence-electron chi connectivity index (χ2n) is 4.82. The molecule has 0 atom stereocenters. The molecule has 6 nitrogen and oxygen atoms in total. The number of amides is 1. The predicted molar refractivity (Wildman–Crippen MR) is 92.8 cm³/mol. The van der Waals surface area contributed by atoms with Crippen molar-refractivity contribution in [2.45, 2.75) is 4.90 Å². The molecule has 0 spiro atoms. The van der Waals surface area contributed by atoms with Crippen molar-refractivity contribution in [1.29, 1.82) is 0 Å². The van der Waals surface area contributed by atoms with Crippen LogP contribution >= 0.6 is 0 Å². The van der Waals surface area contributed by atoms with E-state index in [1.54, 1.807) is 36.4 Å². The second kappa shape index (κ2) is 7.76. The minimum Gasteiger partial charge on any atom is -0.489 e. The lowest BCUT2D eigenvalue weighted by atomic mass is 10.2. The maximum atomic E-state index is 12.3. The fraction of sp³-hybridized carbons (Fsp3) is 0.118. The first-order chi connectivity index (χ1) is 11.5. The molecule has 2 N–H and O–H groups in total. The summed E-state index contributed by atoms with van der Waals surface area (Å²) in [5.41, 5.74) is 0.784. The zero-order valence-electron chi connectivity index (χ0n) is 13.2. The Labute approximate surface area is 141 Å². The van der Waals surface area contributed by atoms with Crippen molar-refractivity contribution in [2.24, 2.45) is 0 Å². The normalized spacial score (nSPS) is 10.9. The van der Waals surface area contributed by atoms with Crippen molar-refractivity contribution >= 4 is 21.6 Å². The summed E-state index contributed by atoms with van der Waals surface area (Å²) < 4.78 is 31.2. The lowest BCUT2D eigenvalue weighted by Gasteiger charge is -2.09. The first kappa shape index (κ1) is 17.7. The number of ether oxygens (including phenoxy) is 1. The Morgan fingerprint density at radius 3 is 2.67 bits per heavy atom. The van der Waals surface area contributed by atoms with Crippen molar-refractivity contribution in [1.82, 2.24) is 4.72 Å². The molecule has 2 aromatic rings. The van der Waals surface area contributed by atoms with E-state index in [9.17, 15) is 13.2 Å². The van der Waals surface area contributed by atoms with E-state index in [-0.39, 0.29) is 10.5 Å². The first-order valence-corrected chi connectivity index (χ1v) is 8.63. The summed E-state index contributed by atoms with van der Waals surface area (Å²) in [7, 11) is -2.29. The highest BCUT2D eigenvalue weighted by Gasteiger charge is 2.14. The summed E-state index contributed by atoms with van der Waals surface area (Å²) in [6, 6.07) is 12.7. The van der Waals surface area contributed by atoms with Crippen LogP contribution in [0, 0.1) is 0 Å². The second-order valence-corrected chi connectivity index (χ2v) is 6.70. The molecule has 1 amide bonds. The minimum atomic E-state index is -3.60. The van der Waals surface area contributed by atoms with Crippen LogP contribution in [0.4, 0.5) is 5.69 Å². The maximum Gasteiger partial charge on any atom is 0.255 e. The lowest BCUT2D eigenvalue weighted by Crippen LogP contribution is -2.19. The van der Waals surface area contributed by atoms with Gasteiger partial charge in [-0.1, -0.05) is 24.8 Å². The molecule has 0 heterocycles. The van der Waals surface area contributed by atoms with Gasteiger partial charge in [-0.3, -0.25) is 4.79 Å². The number of sulfonamides is 1. The number of nitrogens with one attached hydrogen (secondary N) is 2. The highest BCUT2D eigenvalue weighted by molar-refractivity contribution is 7.89. The molecule has 0 aromatic heterocycles. The summed E-state index contributed by atoms with van der Waals surface area (Å²) in [4.78, 5) is 12.4. The van der Waals surface area contributed by atoms with Crippen LogP contribution in [0.15, 0.2) is 66.1 Å². The maximum absolute atomic E-state index is 12.3. The average Bonchev–Trinajstić information content (AvgIpc) is 2.60. The van der Waals surface area contributed by atoms with Crippen LogP contribution in [-0.2, 0) is 10.0 Å². The molecule has 0 aliphatic carbocycles. The molecule has 2 rings (SSSR count). The molecule has 0 fully saturated rings. The van der Waals surface area contributed by atoms with E-state index < -0.39 is 15.9 Å². The van der Waals surface area contributed by atoms with Gasteiger partial charge in [0.2, 0.25) is 10.0 Å². The molecule has 0 radical (unpaired) electrons. The topological polar surface area (TPSA) is 84.5 Å². The van der Waals surface area contributed by atoms with Gasteiger partial charge in [-0.05, 0) is 37.4 Å². The minimum absolute atomic E-state index is 0.0284. The fourth-order valence-electron chi connectivity index (χ4n) is 1.94. The SMILES string of the molecule is C=CCOc1cccc(NC(=O)c2cccc(S(=O)(=O)NC)c2)c1. The van der Waals surface area contributed by atoms with E-state index in [0.717, 1.165) is 0 Å². The third-order valence-electron chi connectivity index (χ3n) is 3.14. The number of hydrogen-bond acceptors (Lipinski definition) is 4. The Balaban J connectivity index is 2.18. The summed E-state index contributed by atoms with van der Waals surface area (Å²) in [5, 5.41) is 2.71. The van der Waals surface area contributed by atoms with Crippen LogP contribution in [-0.4, -0.2) is 28.0 Å². The molecule has 24 heavy (non-hydrogen) atoms. The zero-order valence-corrected chi connectivity index (χ0v) is 14.0. The lowest BCUT2D eigenvalue weighted by molar-refractivity contribution is 0.102. The Kier molecular flexibility index (Phi) is 5.73. The molecule has 2 aromatic carbocycles. The van der Waals surface area contributed by atoms with Crippen LogP contribution in [0.5, 0.6) is 5.75 Å². The van der Waals surface area contributed by atoms with Gasteiger partial charge in [-0.25, -0.2) is 13.1 Å². The number of carbonyl (C=O) groups is 1. The number of carbonyl (C=O) groups excluding carboxylic acids is 1. The molecule has 126 valence electrons. The monoisotopic (exact) mass is 346 g/mol. The zero-order chi connectivity index (χ0) is 17.6. The average molecular weight is 346 g/mol. The van der Waals surface area contributed by atoms with Gasteiger partial charge in [0.1, 0.15) is 12.4 Å². The molecule has 0 aliphatic heterocycles. The molecule has 0 saturated heterocycles. The summed E-state index contributed by atoms with van der Waals surface area (Å²) in [6.07, 6.45) is 1.62. The smallest absolute Gasteiger partial charge is 0.255 e. The Hall–Kier alpha value is -2.64. The van der Waals surface area contributed by atoms with Crippen molar-refractivity contribution in [3.63, 3.8) is 0 Å². The van der Waals surface area contributed by atoms with E-state index in [4.69, 9.17) is 4.74 Å². The van der Waals surface area contributed by atoms with E-state index in [0.29, 0.717) is 18.0 Å². The van der Waals surface area contributed by atoms with Gasteiger partial charge >= 0.3 is 0 Å². The predicted octanol–water partition coefficient (Wildman–Crippen LogP) is 2.41. The molecular formula is C17H18N2O4S. The Morgan fingerprint density at radius 1 is 1.21 bits per heavy atom. The van der Waals surface area contributed by atoms with Gasteiger partial charge in [0, 0.05) is 17.3 Å². The molecule has 0 bridgehead atoms. The van der Waals surface area contributed by atoms with Gasteiger partial charge in [0.05, 0.1) is 4.90 Å². The van der Waals surface area contributed by atoms with Crippen molar-refractivity contribution in [2.75, 3.05) is 19.0 Å². The first-order valence-electron chi connectivity index (χ1n) is 7.15. The van der Waals surface area contributed by atoms with Crippen LogP contribution in [0.2, 0.25) is 0 Å². The number of rotatable bonds is 7. The standard InChI is InChI=1S/C17H18N2O4S/c1-3-10-23-15-8-5-7-14(12-15)19-17(20)13-6-4-9-16(11-13)24(21,22)18-2/h3-9,11-12,18H,1,10H2,2H3,(H,19,20). The third-order valence-corrected chi connectivity index (χ3v) is 4.55. The molecule has 0 saturated carbocycles. The van der Waals surface area contributed by atoms with Crippen LogP contribution in [0.3, 0.4) is 0 Å². The number of benzene rings is 2. The van der Waals surface area contributed by atoms with E-state index in [1.807, 2.05) is 0 Å². The van der Waals surface area contributed by atoms with Crippen LogP contribution in [0.25, 0.3) is 0 Å². The van der Waals surface area contributed by atoms with E-state index >= 15 is 0 Å². The molecule has 0 aliphatic rings. The quantitative estimate of drug-likeness (QED) is 0.754. The summed E-state index contributed by atoms with van der Waals surface area (Å²) >= 11 is 0. The van der Waals surface area contributed by atoms with Gasteiger partial charge in [0.15, 0.2) is 0 Å². The van der Waals surface area contributed by atoms with Gasteiger partial charge < -0.3 is 10.1 Å². The summed E-state index contributed by atoms with van der Waals surface area (Å²) in [5.74, 6) is 0.184. The largest absolute Gasteiger partial charge is 0.489 e. The van der Waals surface area contributed by atoms with E-state index in [1.165, 1.54) is 25.2 Å². The number of anilines is 1. The highest BCUT2D eigenvalue weighted by atomic mass is 32.2. The molecule has 7 heteroatoms.